The highest BCUT2D eigenvalue weighted by atomic mass is 16.5. The summed E-state index contributed by atoms with van der Waals surface area (Å²) in [6.07, 6.45) is 1.03. The Bertz CT molecular complexity index is 772. The van der Waals surface area contributed by atoms with Crippen molar-refractivity contribution in [3.63, 3.8) is 0 Å². The number of carbonyl (C=O) groups excluding carboxylic acids is 2. The number of anilines is 1. The monoisotopic (exact) mass is 354 g/mol. The lowest BCUT2D eigenvalue weighted by Crippen LogP contribution is -2.28. The van der Waals surface area contributed by atoms with Crippen LogP contribution in [0.5, 0.6) is 0 Å². The highest BCUT2D eigenvalue weighted by molar-refractivity contribution is 6.03. The van der Waals surface area contributed by atoms with E-state index in [0.29, 0.717) is 37.2 Å². The number of benzene rings is 2. The van der Waals surface area contributed by atoms with Gasteiger partial charge in [-0.25, -0.2) is 0 Å². The average Bonchev–Trinajstić information content (AvgIpc) is 2.63. The second-order valence-corrected chi connectivity index (χ2v) is 6.26. The van der Waals surface area contributed by atoms with Gasteiger partial charge < -0.3 is 15.4 Å². The molecule has 0 heterocycles. The van der Waals surface area contributed by atoms with Crippen LogP contribution in [-0.4, -0.2) is 32.1 Å². The number of para-hydroxylation sites is 1. The Morgan fingerprint density at radius 3 is 2.54 bits per heavy atom. The van der Waals surface area contributed by atoms with Crippen LogP contribution in [-0.2, 0) is 16.0 Å². The molecule has 2 amide bonds. The smallest absolute Gasteiger partial charge is 0.253 e. The first-order valence-corrected chi connectivity index (χ1v) is 8.73. The minimum absolute atomic E-state index is 0.111. The highest BCUT2D eigenvalue weighted by Gasteiger charge is 2.12. The molecule has 138 valence electrons. The van der Waals surface area contributed by atoms with Crippen LogP contribution in [0.25, 0.3) is 0 Å². The molecule has 2 N–H and O–H groups in total. The summed E-state index contributed by atoms with van der Waals surface area (Å²) in [5.74, 6) is -0.340. The molecule has 0 aliphatic rings. The number of nitrogens with one attached hydrogen (secondary N) is 2. The molecule has 0 aromatic heterocycles. The van der Waals surface area contributed by atoms with E-state index < -0.39 is 0 Å². The molecule has 0 saturated carbocycles. The molecule has 5 heteroatoms. The van der Waals surface area contributed by atoms with Crippen molar-refractivity contribution in [3.8, 4) is 0 Å². The summed E-state index contributed by atoms with van der Waals surface area (Å²) in [6.45, 7) is 5.00. The predicted octanol–water partition coefficient (Wildman–Crippen LogP) is 3.25. The molecule has 0 radical (unpaired) electrons. The Kier molecular flexibility index (Phi) is 7.36. The van der Waals surface area contributed by atoms with Crippen LogP contribution in [0.3, 0.4) is 0 Å². The molecule has 5 nitrogen and oxygen atoms in total. The minimum Gasteiger partial charge on any atom is -0.383 e. The van der Waals surface area contributed by atoms with Crippen LogP contribution in [0.2, 0.25) is 0 Å². The predicted molar refractivity (Wildman–Crippen MR) is 104 cm³/mol. The fraction of sp³-hybridized carbons (Fsp3) is 0.333. The number of methoxy groups -OCH3 is 1. The largest absolute Gasteiger partial charge is 0.383 e. The maximum absolute atomic E-state index is 12.3. The summed E-state index contributed by atoms with van der Waals surface area (Å²) in [5, 5.41) is 5.61. The van der Waals surface area contributed by atoms with Crippen LogP contribution in [0.4, 0.5) is 5.69 Å². The second kappa shape index (κ2) is 9.73. The van der Waals surface area contributed by atoms with Gasteiger partial charge in [0.1, 0.15) is 0 Å². The normalized spacial score (nSPS) is 10.4. The molecule has 0 fully saturated rings. The van der Waals surface area contributed by atoms with E-state index in [1.165, 1.54) is 11.1 Å². The van der Waals surface area contributed by atoms with Crippen LogP contribution in [0.1, 0.15) is 33.5 Å². The number of hydrogen-bond donors (Lipinski definition) is 2. The van der Waals surface area contributed by atoms with Crippen molar-refractivity contribution in [1.29, 1.82) is 0 Å². The van der Waals surface area contributed by atoms with Crippen molar-refractivity contribution >= 4 is 17.5 Å². The van der Waals surface area contributed by atoms with Crippen molar-refractivity contribution in [2.75, 3.05) is 25.6 Å². The summed E-state index contributed by atoms with van der Waals surface area (Å²) in [6, 6.07) is 13.2. The average molecular weight is 354 g/mol. The maximum Gasteiger partial charge on any atom is 0.253 e. The second-order valence-electron chi connectivity index (χ2n) is 6.26. The number of amides is 2. The van der Waals surface area contributed by atoms with E-state index in [-0.39, 0.29) is 11.8 Å². The number of ether oxygens (including phenoxy) is 1. The first kappa shape index (κ1) is 19.7. The fourth-order valence-corrected chi connectivity index (χ4v) is 2.58. The summed E-state index contributed by atoms with van der Waals surface area (Å²) >= 11 is 0. The fourth-order valence-electron chi connectivity index (χ4n) is 2.58. The molecule has 2 rings (SSSR count). The maximum atomic E-state index is 12.3. The Morgan fingerprint density at radius 1 is 1.04 bits per heavy atom. The van der Waals surface area contributed by atoms with Gasteiger partial charge in [-0.3, -0.25) is 9.59 Å². The standard InChI is InChI=1S/C21H26N2O3/c1-15-8-9-17(14-16(15)2)10-11-20(24)23-19-7-5-4-6-18(19)21(25)22-12-13-26-3/h4-9,14H,10-13H2,1-3H3,(H,22,25)(H,23,24). The summed E-state index contributed by atoms with van der Waals surface area (Å²) in [5.41, 5.74) is 4.57. The van der Waals surface area contributed by atoms with Crippen LogP contribution >= 0.6 is 0 Å². The van der Waals surface area contributed by atoms with Gasteiger partial charge >= 0.3 is 0 Å². The van der Waals surface area contributed by atoms with Gasteiger partial charge in [-0.1, -0.05) is 30.3 Å². The zero-order valence-electron chi connectivity index (χ0n) is 15.6. The van der Waals surface area contributed by atoms with Gasteiger partial charge in [-0.15, -0.1) is 0 Å². The molecule has 0 atom stereocenters. The van der Waals surface area contributed by atoms with Gasteiger partial charge in [-0.05, 0) is 49.1 Å². The highest BCUT2D eigenvalue weighted by Crippen LogP contribution is 2.16. The molecule has 2 aromatic rings. The molecule has 0 unspecified atom stereocenters. The van der Waals surface area contributed by atoms with Crippen LogP contribution in [0, 0.1) is 13.8 Å². The summed E-state index contributed by atoms with van der Waals surface area (Å²) in [4.78, 5) is 24.6. The molecule has 0 aliphatic heterocycles. The van der Waals surface area contributed by atoms with Gasteiger partial charge in [0.15, 0.2) is 0 Å². The zero-order chi connectivity index (χ0) is 18.9. The third-order valence-electron chi connectivity index (χ3n) is 4.25. The van der Waals surface area contributed by atoms with E-state index in [4.69, 9.17) is 4.74 Å². The molecule has 0 bridgehead atoms. The van der Waals surface area contributed by atoms with E-state index >= 15 is 0 Å². The lowest BCUT2D eigenvalue weighted by atomic mass is 10.0. The van der Waals surface area contributed by atoms with Gasteiger partial charge in [-0.2, -0.15) is 0 Å². The number of rotatable bonds is 8. The van der Waals surface area contributed by atoms with Crippen molar-refractivity contribution in [3.05, 3.63) is 64.7 Å². The summed E-state index contributed by atoms with van der Waals surface area (Å²) in [7, 11) is 1.58. The number of carbonyl (C=O) groups is 2. The summed E-state index contributed by atoms with van der Waals surface area (Å²) < 4.78 is 4.93. The van der Waals surface area contributed by atoms with E-state index in [0.717, 1.165) is 5.56 Å². The molecule has 2 aromatic carbocycles. The van der Waals surface area contributed by atoms with E-state index in [2.05, 4.69) is 36.6 Å². The van der Waals surface area contributed by atoms with E-state index in [9.17, 15) is 9.59 Å². The van der Waals surface area contributed by atoms with Gasteiger partial charge in [0.2, 0.25) is 5.91 Å². The topological polar surface area (TPSA) is 67.4 Å². The van der Waals surface area contributed by atoms with Crippen LogP contribution in [0.15, 0.2) is 42.5 Å². The lowest BCUT2D eigenvalue weighted by Gasteiger charge is -2.11. The molecule has 0 saturated heterocycles. The lowest BCUT2D eigenvalue weighted by molar-refractivity contribution is -0.116. The molecule has 0 spiro atoms. The van der Waals surface area contributed by atoms with Crippen LogP contribution < -0.4 is 10.6 Å². The van der Waals surface area contributed by atoms with Gasteiger partial charge in [0.05, 0.1) is 17.9 Å². The SMILES string of the molecule is COCCNC(=O)c1ccccc1NC(=O)CCc1ccc(C)c(C)c1. The third kappa shape index (κ3) is 5.70. The van der Waals surface area contributed by atoms with Crippen molar-refractivity contribution in [2.45, 2.75) is 26.7 Å². The quantitative estimate of drug-likeness (QED) is 0.715. The molecular formula is C21H26N2O3. The Balaban J connectivity index is 1.96. The Morgan fingerprint density at radius 2 is 1.81 bits per heavy atom. The minimum atomic E-state index is -0.230. The molecule has 0 aliphatic carbocycles. The Hall–Kier alpha value is -2.66. The molecular weight excluding hydrogens is 328 g/mol. The Labute approximate surface area is 154 Å². The van der Waals surface area contributed by atoms with E-state index in [1.807, 2.05) is 6.07 Å². The molecule has 26 heavy (non-hydrogen) atoms. The first-order chi connectivity index (χ1) is 12.5. The zero-order valence-corrected chi connectivity index (χ0v) is 15.6. The first-order valence-electron chi connectivity index (χ1n) is 8.73. The number of aryl methyl sites for hydroxylation is 3. The van der Waals surface area contributed by atoms with Crippen molar-refractivity contribution in [1.82, 2.24) is 5.32 Å². The number of hydrogen-bond acceptors (Lipinski definition) is 3. The van der Waals surface area contributed by atoms with Crippen molar-refractivity contribution < 1.29 is 14.3 Å². The van der Waals surface area contributed by atoms with E-state index in [1.54, 1.807) is 31.4 Å². The van der Waals surface area contributed by atoms with Crippen molar-refractivity contribution in [2.24, 2.45) is 0 Å². The van der Waals surface area contributed by atoms with Gasteiger partial charge in [0.25, 0.3) is 5.91 Å². The van der Waals surface area contributed by atoms with Gasteiger partial charge in [0, 0.05) is 20.1 Å². The third-order valence-corrected chi connectivity index (χ3v) is 4.25.